The number of anilines is 1. The van der Waals surface area contributed by atoms with E-state index >= 15 is 0 Å². The molecule has 1 aliphatic heterocycles. The van der Waals surface area contributed by atoms with Crippen molar-refractivity contribution < 1.29 is 0 Å². The number of rotatable bonds is 3. The highest BCUT2D eigenvalue weighted by Crippen LogP contribution is 2.28. The van der Waals surface area contributed by atoms with Crippen LogP contribution in [0.4, 0.5) is 5.13 Å². The Morgan fingerprint density at radius 2 is 2.14 bits per heavy atom. The molecule has 1 aliphatic rings. The molecule has 2 aromatic rings. The van der Waals surface area contributed by atoms with Gasteiger partial charge in [-0.3, -0.25) is 0 Å². The predicted molar refractivity (Wildman–Crippen MR) is 84.5 cm³/mol. The van der Waals surface area contributed by atoms with Gasteiger partial charge in [0.25, 0.3) is 0 Å². The summed E-state index contributed by atoms with van der Waals surface area (Å²) in [7, 11) is 0. The van der Waals surface area contributed by atoms with E-state index in [1.807, 2.05) is 0 Å². The second-order valence-corrected chi connectivity index (χ2v) is 7.53. The van der Waals surface area contributed by atoms with Crippen molar-refractivity contribution in [1.82, 2.24) is 25.1 Å². The Morgan fingerprint density at radius 3 is 2.90 bits per heavy atom. The second-order valence-electron chi connectivity index (χ2n) is 6.47. The topological polar surface area (TPSA) is 58.9 Å². The predicted octanol–water partition coefficient (Wildman–Crippen LogP) is 1.95. The summed E-state index contributed by atoms with van der Waals surface area (Å²) in [6, 6.07) is 0. The van der Waals surface area contributed by atoms with Gasteiger partial charge in [0.15, 0.2) is 11.0 Å². The Bertz CT molecular complexity index is 624. The first kappa shape index (κ1) is 14.5. The third-order valence-electron chi connectivity index (χ3n) is 3.57. The zero-order valence-electron chi connectivity index (χ0n) is 13.1. The largest absolute Gasteiger partial charge is 0.339 e. The van der Waals surface area contributed by atoms with Crippen LogP contribution in [0.1, 0.15) is 37.2 Å². The van der Waals surface area contributed by atoms with Crippen LogP contribution in [0.5, 0.6) is 0 Å². The van der Waals surface area contributed by atoms with Crippen molar-refractivity contribution in [2.75, 3.05) is 11.4 Å². The van der Waals surface area contributed by atoms with E-state index in [2.05, 4.69) is 52.7 Å². The lowest BCUT2D eigenvalue weighted by Crippen LogP contribution is -2.35. The summed E-state index contributed by atoms with van der Waals surface area (Å²) in [6.45, 7) is 12.2. The van der Waals surface area contributed by atoms with Gasteiger partial charge in [0.1, 0.15) is 6.33 Å². The van der Waals surface area contributed by atoms with Gasteiger partial charge in [-0.05, 0) is 27.7 Å². The highest BCUT2D eigenvalue weighted by molar-refractivity contribution is 7.15. The molecule has 6 nitrogen and oxygen atoms in total. The van der Waals surface area contributed by atoms with Gasteiger partial charge in [-0.1, -0.05) is 0 Å². The molecule has 2 aromatic heterocycles. The molecule has 0 aliphatic carbocycles. The van der Waals surface area contributed by atoms with E-state index in [9.17, 15) is 0 Å². The van der Waals surface area contributed by atoms with Gasteiger partial charge in [0.2, 0.25) is 0 Å². The van der Waals surface area contributed by atoms with Crippen molar-refractivity contribution in [2.45, 2.75) is 52.9 Å². The Labute approximate surface area is 129 Å². The summed E-state index contributed by atoms with van der Waals surface area (Å²) in [5.41, 5.74) is 1.25. The van der Waals surface area contributed by atoms with Crippen LogP contribution in [0.15, 0.2) is 6.33 Å². The first-order valence-corrected chi connectivity index (χ1v) is 8.07. The summed E-state index contributed by atoms with van der Waals surface area (Å²) in [5.74, 6) is 1.02. The first-order chi connectivity index (χ1) is 9.92. The molecule has 0 unspecified atom stereocenters. The standard InChI is InChI=1S/C14H22N6S/c1-10-11(7-15-14(2,3)4)21-13(17-10)19-5-6-20-9-16-18-12(20)8-19/h9,15H,5-8H2,1-4H3. The average Bonchev–Trinajstić information content (AvgIpc) is 3.01. The van der Waals surface area contributed by atoms with Crippen LogP contribution < -0.4 is 10.2 Å². The normalized spacial score (nSPS) is 15.3. The number of thiazole rings is 1. The van der Waals surface area contributed by atoms with Crippen molar-refractivity contribution in [2.24, 2.45) is 0 Å². The molecule has 0 aromatic carbocycles. The fourth-order valence-electron chi connectivity index (χ4n) is 2.29. The van der Waals surface area contributed by atoms with E-state index in [-0.39, 0.29) is 5.54 Å². The minimum atomic E-state index is 0.123. The molecule has 0 saturated carbocycles. The summed E-state index contributed by atoms with van der Waals surface area (Å²) >= 11 is 1.78. The van der Waals surface area contributed by atoms with Gasteiger partial charge >= 0.3 is 0 Å². The summed E-state index contributed by atoms with van der Waals surface area (Å²) in [5, 5.41) is 12.8. The van der Waals surface area contributed by atoms with Crippen LogP contribution in [-0.4, -0.2) is 31.8 Å². The summed E-state index contributed by atoms with van der Waals surface area (Å²) in [6.07, 6.45) is 1.80. The summed E-state index contributed by atoms with van der Waals surface area (Å²) in [4.78, 5) is 8.35. The van der Waals surface area contributed by atoms with Crippen LogP contribution in [0, 0.1) is 6.92 Å². The fourth-order valence-corrected chi connectivity index (χ4v) is 3.31. The molecule has 0 fully saturated rings. The SMILES string of the molecule is Cc1nc(N2CCn3cnnc3C2)sc1CNC(C)(C)C. The van der Waals surface area contributed by atoms with E-state index in [0.717, 1.165) is 42.8 Å². The molecule has 0 spiro atoms. The Hall–Kier alpha value is -1.47. The molecule has 3 rings (SSSR count). The maximum atomic E-state index is 4.74. The number of nitrogens with zero attached hydrogens (tertiary/aromatic N) is 5. The highest BCUT2D eigenvalue weighted by atomic mass is 32.1. The molecule has 1 N–H and O–H groups in total. The van der Waals surface area contributed by atoms with Gasteiger partial charge in [-0.2, -0.15) is 0 Å². The lowest BCUT2D eigenvalue weighted by atomic mass is 10.1. The van der Waals surface area contributed by atoms with Crippen molar-refractivity contribution in [3.63, 3.8) is 0 Å². The maximum absolute atomic E-state index is 4.74. The molecule has 114 valence electrons. The minimum absolute atomic E-state index is 0.123. The maximum Gasteiger partial charge on any atom is 0.186 e. The molecular formula is C14H22N6S. The molecule has 0 bridgehead atoms. The molecular weight excluding hydrogens is 284 g/mol. The van der Waals surface area contributed by atoms with Crippen LogP contribution >= 0.6 is 11.3 Å². The van der Waals surface area contributed by atoms with Gasteiger partial charge in [0, 0.05) is 30.1 Å². The van der Waals surface area contributed by atoms with E-state index in [1.54, 1.807) is 17.7 Å². The Balaban J connectivity index is 1.72. The number of aromatic nitrogens is 4. The fraction of sp³-hybridized carbons (Fsp3) is 0.643. The van der Waals surface area contributed by atoms with Gasteiger partial charge in [-0.25, -0.2) is 4.98 Å². The van der Waals surface area contributed by atoms with Crippen molar-refractivity contribution in [3.8, 4) is 0 Å². The zero-order valence-corrected chi connectivity index (χ0v) is 13.9. The van der Waals surface area contributed by atoms with Gasteiger partial charge in [-0.15, -0.1) is 21.5 Å². The Kier molecular flexibility index (Phi) is 3.71. The number of hydrogen-bond donors (Lipinski definition) is 1. The van der Waals surface area contributed by atoms with Crippen LogP contribution in [-0.2, 0) is 19.6 Å². The van der Waals surface area contributed by atoms with Gasteiger partial charge in [0.05, 0.1) is 12.2 Å². The molecule has 7 heteroatoms. The quantitative estimate of drug-likeness (QED) is 0.939. The van der Waals surface area contributed by atoms with E-state index < -0.39 is 0 Å². The van der Waals surface area contributed by atoms with Gasteiger partial charge < -0.3 is 14.8 Å². The average molecular weight is 306 g/mol. The Morgan fingerprint density at radius 1 is 1.33 bits per heavy atom. The first-order valence-electron chi connectivity index (χ1n) is 7.25. The minimum Gasteiger partial charge on any atom is -0.339 e. The monoisotopic (exact) mass is 306 g/mol. The van der Waals surface area contributed by atoms with E-state index in [1.165, 1.54) is 4.88 Å². The third kappa shape index (κ3) is 3.24. The highest BCUT2D eigenvalue weighted by Gasteiger charge is 2.21. The third-order valence-corrected chi connectivity index (χ3v) is 4.79. The van der Waals surface area contributed by atoms with E-state index in [0.29, 0.717) is 0 Å². The summed E-state index contributed by atoms with van der Waals surface area (Å²) < 4.78 is 2.11. The zero-order chi connectivity index (χ0) is 15.0. The molecule has 0 saturated heterocycles. The van der Waals surface area contributed by atoms with Crippen LogP contribution in [0.2, 0.25) is 0 Å². The molecule has 21 heavy (non-hydrogen) atoms. The second kappa shape index (κ2) is 5.38. The molecule has 3 heterocycles. The van der Waals surface area contributed by atoms with E-state index in [4.69, 9.17) is 4.98 Å². The molecule has 0 atom stereocenters. The van der Waals surface area contributed by atoms with Crippen LogP contribution in [0.25, 0.3) is 0 Å². The van der Waals surface area contributed by atoms with Crippen LogP contribution in [0.3, 0.4) is 0 Å². The number of fused-ring (bicyclic) bond motifs is 1. The molecule has 0 amide bonds. The van der Waals surface area contributed by atoms with Crippen molar-refractivity contribution in [3.05, 3.63) is 22.7 Å². The van der Waals surface area contributed by atoms with Crippen molar-refractivity contribution >= 4 is 16.5 Å². The number of aryl methyl sites for hydroxylation is 1. The number of nitrogens with one attached hydrogen (secondary N) is 1. The lowest BCUT2D eigenvalue weighted by molar-refractivity contribution is 0.425. The number of hydrogen-bond acceptors (Lipinski definition) is 6. The lowest BCUT2D eigenvalue weighted by Gasteiger charge is -2.26. The smallest absolute Gasteiger partial charge is 0.186 e. The van der Waals surface area contributed by atoms with Crippen molar-refractivity contribution in [1.29, 1.82) is 0 Å². The molecule has 0 radical (unpaired) electrons.